The van der Waals surface area contributed by atoms with Crippen LogP contribution in [0.25, 0.3) is 6.08 Å². The zero-order valence-corrected chi connectivity index (χ0v) is 23.7. The Labute approximate surface area is 233 Å². The molecule has 3 aromatic rings. The summed E-state index contributed by atoms with van der Waals surface area (Å²) in [5.74, 6) is 0.837. The number of ether oxygens (including phenoxy) is 1. The molecule has 0 unspecified atom stereocenters. The summed E-state index contributed by atoms with van der Waals surface area (Å²) in [4.78, 5) is 20.2. The van der Waals surface area contributed by atoms with E-state index in [1.807, 2.05) is 60.7 Å². The lowest BCUT2D eigenvalue weighted by Gasteiger charge is -2.17. The number of carbonyl (C=O) groups excluding carboxylic acids is 1. The maximum absolute atomic E-state index is 13.2. The van der Waals surface area contributed by atoms with Crippen LogP contribution in [0.4, 0.5) is 5.69 Å². The van der Waals surface area contributed by atoms with Crippen molar-refractivity contribution in [2.45, 2.75) is 20.5 Å². The first-order valence-corrected chi connectivity index (χ1v) is 13.7. The van der Waals surface area contributed by atoms with E-state index in [9.17, 15) is 4.79 Å². The van der Waals surface area contributed by atoms with Gasteiger partial charge in [0.2, 0.25) is 0 Å². The maximum atomic E-state index is 13.2. The van der Waals surface area contributed by atoms with Gasteiger partial charge in [-0.25, -0.2) is 4.99 Å². The predicted octanol–water partition coefficient (Wildman–Crippen LogP) is 8.44. The van der Waals surface area contributed by atoms with E-state index in [0.717, 1.165) is 16.8 Å². The molecule has 1 heterocycles. The van der Waals surface area contributed by atoms with Crippen LogP contribution in [0.15, 0.2) is 76.6 Å². The Morgan fingerprint density at radius 3 is 2.43 bits per heavy atom. The van der Waals surface area contributed by atoms with Gasteiger partial charge in [-0.2, -0.15) is 0 Å². The van der Waals surface area contributed by atoms with Gasteiger partial charge in [0.15, 0.2) is 5.17 Å². The fraction of sp³-hybridized carbons (Fsp3) is 0.185. The first-order chi connectivity index (χ1) is 16.8. The lowest BCUT2D eigenvalue weighted by atomic mass is 10.2. The molecule has 180 valence electrons. The van der Waals surface area contributed by atoms with Gasteiger partial charge in [0.05, 0.1) is 15.6 Å². The average molecular weight is 637 g/mol. The first kappa shape index (κ1) is 26.1. The summed E-state index contributed by atoms with van der Waals surface area (Å²) in [6.07, 6.45) is 1.85. The standard InChI is InChI=1S/C27H23Cl2IN2O2S/c1-17(2)15-32-26(33)25(35-27(32)31-22-10-6-20(28)7-11-22)14-19-5-12-24(23(29)13-19)34-16-18-3-8-21(30)9-4-18/h3-14,17H,15-16H2,1-2H3/b25-14-,31-27?. The molecule has 3 aromatic carbocycles. The van der Waals surface area contributed by atoms with Crippen molar-refractivity contribution >= 4 is 80.4 Å². The van der Waals surface area contributed by atoms with Crippen molar-refractivity contribution in [3.05, 3.63) is 96.4 Å². The molecular formula is C27H23Cl2IN2O2S. The van der Waals surface area contributed by atoms with Gasteiger partial charge >= 0.3 is 0 Å². The van der Waals surface area contributed by atoms with Gasteiger partial charge in [0.1, 0.15) is 12.4 Å². The smallest absolute Gasteiger partial charge is 0.266 e. The minimum absolute atomic E-state index is 0.0634. The number of halogens is 3. The van der Waals surface area contributed by atoms with Gasteiger partial charge in [0, 0.05) is 15.1 Å². The first-order valence-electron chi connectivity index (χ1n) is 11.0. The molecule has 0 bridgehead atoms. The Bertz CT molecular complexity index is 1280. The Hall–Kier alpha value is -2.00. The van der Waals surface area contributed by atoms with Gasteiger partial charge in [-0.15, -0.1) is 0 Å². The second-order valence-electron chi connectivity index (χ2n) is 8.40. The highest BCUT2D eigenvalue weighted by atomic mass is 127. The summed E-state index contributed by atoms with van der Waals surface area (Å²) in [7, 11) is 0. The number of hydrogen-bond donors (Lipinski definition) is 0. The second-order valence-corrected chi connectivity index (χ2v) is 11.5. The predicted molar refractivity (Wildman–Crippen MR) is 156 cm³/mol. The summed E-state index contributed by atoms with van der Waals surface area (Å²) >= 11 is 16.1. The van der Waals surface area contributed by atoms with Crippen LogP contribution in [-0.2, 0) is 11.4 Å². The SMILES string of the molecule is CC(C)CN1C(=O)/C(=C/c2ccc(OCc3ccc(I)cc3)c(Cl)c2)SC1=Nc1ccc(Cl)cc1. The van der Waals surface area contributed by atoms with Crippen molar-refractivity contribution in [2.24, 2.45) is 10.9 Å². The maximum Gasteiger partial charge on any atom is 0.266 e. The van der Waals surface area contributed by atoms with Crippen LogP contribution in [0.2, 0.25) is 10.0 Å². The van der Waals surface area contributed by atoms with E-state index >= 15 is 0 Å². The monoisotopic (exact) mass is 636 g/mol. The molecular weight excluding hydrogens is 614 g/mol. The third-order valence-electron chi connectivity index (χ3n) is 5.05. The van der Waals surface area contributed by atoms with E-state index in [1.165, 1.54) is 15.3 Å². The molecule has 0 spiro atoms. The Balaban J connectivity index is 1.53. The molecule has 1 amide bonds. The molecule has 4 rings (SSSR count). The molecule has 4 nitrogen and oxygen atoms in total. The van der Waals surface area contributed by atoms with E-state index < -0.39 is 0 Å². The number of amidine groups is 1. The molecule has 8 heteroatoms. The van der Waals surface area contributed by atoms with E-state index in [0.29, 0.717) is 44.9 Å². The molecule has 1 aliphatic rings. The van der Waals surface area contributed by atoms with Gasteiger partial charge in [-0.05, 0) is 106 Å². The lowest BCUT2D eigenvalue weighted by molar-refractivity contribution is -0.122. The van der Waals surface area contributed by atoms with Crippen molar-refractivity contribution < 1.29 is 9.53 Å². The highest BCUT2D eigenvalue weighted by Gasteiger charge is 2.33. The zero-order valence-electron chi connectivity index (χ0n) is 19.2. The van der Waals surface area contributed by atoms with E-state index in [-0.39, 0.29) is 5.91 Å². The molecule has 0 saturated carbocycles. The fourth-order valence-electron chi connectivity index (χ4n) is 3.36. The molecule has 0 N–H and O–H groups in total. The molecule has 1 fully saturated rings. The highest BCUT2D eigenvalue weighted by Crippen LogP contribution is 2.36. The molecule has 0 radical (unpaired) electrons. The normalized spacial score (nSPS) is 16.1. The topological polar surface area (TPSA) is 41.9 Å². The number of hydrogen-bond acceptors (Lipinski definition) is 4. The van der Waals surface area contributed by atoms with Gasteiger partial charge in [0.25, 0.3) is 5.91 Å². The van der Waals surface area contributed by atoms with Crippen LogP contribution < -0.4 is 4.74 Å². The summed E-state index contributed by atoms with van der Waals surface area (Å²) in [6, 6.07) is 20.9. The second kappa shape index (κ2) is 11.8. The zero-order chi connectivity index (χ0) is 24.9. The van der Waals surface area contributed by atoms with Crippen LogP contribution in [0.5, 0.6) is 5.75 Å². The van der Waals surface area contributed by atoms with E-state index in [4.69, 9.17) is 32.9 Å². The molecule has 1 saturated heterocycles. The van der Waals surface area contributed by atoms with Gasteiger partial charge in [-0.3, -0.25) is 9.69 Å². The molecule has 1 aliphatic heterocycles. The number of amides is 1. The minimum atomic E-state index is -0.0634. The summed E-state index contributed by atoms with van der Waals surface area (Å²) in [5.41, 5.74) is 2.64. The molecule has 35 heavy (non-hydrogen) atoms. The van der Waals surface area contributed by atoms with E-state index in [1.54, 1.807) is 17.0 Å². The van der Waals surface area contributed by atoms with Crippen molar-refractivity contribution in [3.63, 3.8) is 0 Å². The van der Waals surface area contributed by atoms with Crippen molar-refractivity contribution in [2.75, 3.05) is 6.54 Å². The quantitative estimate of drug-likeness (QED) is 0.193. The number of rotatable bonds is 7. The summed E-state index contributed by atoms with van der Waals surface area (Å²) in [5, 5.41) is 1.79. The number of thioether (sulfide) groups is 1. The minimum Gasteiger partial charge on any atom is -0.487 e. The van der Waals surface area contributed by atoms with E-state index in [2.05, 4.69) is 36.4 Å². The fourth-order valence-corrected chi connectivity index (χ4v) is 5.10. The average Bonchev–Trinajstić information content (AvgIpc) is 3.09. The third kappa shape index (κ3) is 7.03. The molecule has 0 atom stereocenters. The Kier molecular flexibility index (Phi) is 8.81. The molecule has 0 aromatic heterocycles. The van der Waals surface area contributed by atoms with Crippen LogP contribution in [0.1, 0.15) is 25.0 Å². The number of aliphatic imine (C=N–C) groups is 1. The summed E-state index contributed by atoms with van der Waals surface area (Å²) in [6.45, 7) is 5.17. The van der Waals surface area contributed by atoms with Crippen LogP contribution in [0, 0.1) is 9.49 Å². The van der Waals surface area contributed by atoms with Crippen molar-refractivity contribution in [3.8, 4) is 5.75 Å². The number of carbonyl (C=O) groups is 1. The largest absolute Gasteiger partial charge is 0.487 e. The Morgan fingerprint density at radius 1 is 1.06 bits per heavy atom. The van der Waals surface area contributed by atoms with Crippen LogP contribution >= 0.6 is 57.6 Å². The third-order valence-corrected chi connectivity index (χ3v) is 7.32. The number of benzene rings is 3. The van der Waals surface area contributed by atoms with Crippen LogP contribution in [0.3, 0.4) is 0 Å². The van der Waals surface area contributed by atoms with Crippen molar-refractivity contribution in [1.29, 1.82) is 0 Å². The number of nitrogens with zero attached hydrogens (tertiary/aromatic N) is 2. The summed E-state index contributed by atoms with van der Waals surface area (Å²) < 4.78 is 7.07. The lowest BCUT2D eigenvalue weighted by Crippen LogP contribution is -2.32. The van der Waals surface area contributed by atoms with Crippen LogP contribution in [-0.4, -0.2) is 22.5 Å². The molecule has 0 aliphatic carbocycles. The van der Waals surface area contributed by atoms with Crippen molar-refractivity contribution in [1.82, 2.24) is 4.90 Å². The van der Waals surface area contributed by atoms with Gasteiger partial charge < -0.3 is 4.74 Å². The van der Waals surface area contributed by atoms with Gasteiger partial charge in [-0.1, -0.05) is 55.2 Å². The Morgan fingerprint density at radius 2 is 1.77 bits per heavy atom. The highest BCUT2D eigenvalue weighted by molar-refractivity contribution is 14.1.